The number of hydrogen-bond donors (Lipinski definition) is 0. The van der Waals surface area contributed by atoms with Crippen LogP contribution in [0.3, 0.4) is 0 Å². The molecule has 0 aliphatic carbocycles. The average Bonchev–Trinajstić information content (AvgIpc) is 3.03. The SMILES string of the molecule is CC(C)C[C@H]1CN(c2c(C(C)C)cccc2C(C)C)C=[N+]1Cc1ccccc1. The van der Waals surface area contributed by atoms with Crippen LogP contribution in [0, 0.1) is 5.92 Å². The Morgan fingerprint density at radius 1 is 0.857 bits per heavy atom. The van der Waals surface area contributed by atoms with Crippen LogP contribution in [0.1, 0.15) is 76.5 Å². The van der Waals surface area contributed by atoms with E-state index in [0.29, 0.717) is 23.8 Å². The Labute approximate surface area is 171 Å². The van der Waals surface area contributed by atoms with Crippen molar-refractivity contribution < 1.29 is 4.58 Å². The smallest absolute Gasteiger partial charge is 0.240 e. The van der Waals surface area contributed by atoms with Crippen LogP contribution in [0.15, 0.2) is 48.5 Å². The number of nitrogens with zero attached hydrogens (tertiary/aromatic N) is 2. The number of rotatable bonds is 7. The lowest BCUT2D eigenvalue weighted by Gasteiger charge is -2.21. The molecule has 0 amide bonds. The minimum atomic E-state index is 0.522. The van der Waals surface area contributed by atoms with Crippen LogP contribution in [-0.2, 0) is 6.54 Å². The van der Waals surface area contributed by atoms with Gasteiger partial charge < -0.3 is 0 Å². The van der Waals surface area contributed by atoms with Crippen LogP contribution in [0.2, 0.25) is 0 Å². The van der Waals surface area contributed by atoms with E-state index >= 15 is 0 Å². The van der Waals surface area contributed by atoms with Crippen molar-refractivity contribution in [3.05, 3.63) is 65.2 Å². The monoisotopic (exact) mass is 377 g/mol. The van der Waals surface area contributed by atoms with E-state index in [9.17, 15) is 0 Å². The van der Waals surface area contributed by atoms with Crippen LogP contribution in [0.25, 0.3) is 0 Å². The van der Waals surface area contributed by atoms with Crippen LogP contribution in [-0.4, -0.2) is 23.5 Å². The predicted molar refractivity (Wildman–Crippen MR) is 122 cm³/mol. The van der Waals surface area contributed by atoms with Crippen molar-refractivity contribution in [2.75, 3.05) is 11.4 Å². The summed E-state index contributed by atoms with van der Waals surface area (Å²) in [5.41, 5.74) is 5.76. The van der Waals surface area contributed by atoms with E-state index < -0.39 is 0 Å². The van der Waals surface area contributed by atoms with E-state index in [1.54, 1.807) is 0 Å². The van der Waals surface area contributed by atoms with Gasteiger partial charge in [-0.1, -0.05) is 90.1 Å². The van der Waals surface area contributed by atoms with Crippen molar-refractivity contribution in [1.29, 1.82) is 0 Å². The molecule has 1 heterocycles. The molecule has 2 heteroatoms. The molecule has 2 aromatic rings. The summed E-state index contributed by atoms with van der Waals surface area (Å²) in [5, 5.41) is 0. The van der Waals surface area contributed by atoms with Gasteiger partial charge in [0, 0.05) is 11.1 Å². The van der Waals surface area contributed by atoms with E-state index in [4.69, 9.17) is 0 Å². The molecule has 2 aromatic carbocycles. The summed E-state index contributed by atoms with van der Waals surface area (Å²) in [6.07, 6.45) is 3.62. The van der Waals surface area contributed by atoms with Crippen LogP contribution < -0.4 is 4.90 Å². The number of benzene rings is 2. The molecule has 0 bridgehead atoms. The van der Waals surface area contributed by atoms with Gasteiger partial charge in [0.15, 0.2) is 0 Å². The lowest BCUT2D eigenvalue weighted by Crippen LogP contribution is -2.29. The largest absolute Gasteiger partial charge is 0.257 e. The highest BCUT2D eigenvalue weighted by Crippen LogP contribution is 2.36. The van der Waals surface area contributed by atoms with Gasteiger partial charge in [0.25, 0.3) is 0 Å². The van der Waals surface area contributed by atoms with Gasteiger partial charge in [0.2, 0.25) is 6.34 Å². The van der Waals surface area contributed by atoms with E-state index in [-0.39, 0.29) is 0 Å². The van der Waals surface area contributed by atoms with Crippen molar-refractivity contribution in [2.24, 2.45) is 5.92 Å². The Kier molecular flexibility index (Phi) is 6.59. The summed E-state index contributed by atoms with van der Waals surface area (Å²) >= 11 is 0. The molecule has 0 saturated heterocycles. The lowest BCUT2D eigenvalue weighted by atomic mass is 9.92. The minimum Gasteiger partial charge on any atom is -0.257 e. The Balaban J connectivity index is 2.00. The minimum absolute atomic E-state index is 0.522. The Morgan fingerprint density at radius 3 is 2.00 bits per heavy atom. The Bertz CT molecular complexity index is 776. The fourth-order valence-electron chi connectivity index (χ4n) is 4.36. The van der Waals surface area contributed by atoms with Gasteiger partial charge in [-0.2, -0.15) is 0 Å². The van der Waals surface area contributed by atoms with Gasteiger partial charge in [0.05, 0.1) is 0 Å². The first-order valence-corrected chi connectivity index (χ1v) is 10.9. The zero-order chi connectivity index (χ0) is 20.3. The third-order valence-corrected chi connectivity index (χ3v) is 5.75. The molecule has 0 unspecified atom stereocenters. The molecule has 1 aliphatic heterocycles. The number of anilines is 1. The quantitative estimate of drug-likeness (QED) is 0.505. The molecule has 2 nitrogen and oxygen atoms in total. The summed E-state index contributed by atoms with van der Waals surface area (Å²) in [7, 11) is 0. The second-order valence-corrected chi connectivity index (χ2v) is 9.30. The van der Waals surface area contributed by atoms with Crippen molar-refractivity contribution in [2.45, 2.75) is 72.4 Å². The van der Waals surface area contributed by atoms with E-state index in [1.165, 1.54) is 28.8 Å². The van der Waals surface area contributed by atoms with Gasteiger partial charge in [-0.25, -0.2) is 4.90 Å². The highest BCUT2D eigenvalue weighted by molar-refractivity contribution is 5.82. The van der Waals surface area contributed by atoms with E-state index in [1.807, 2.05) is 0 Å². The standard InChI is InChI=1S/C26H37N2/c1-19(2)15-23-17-28(18-27(23)16-22-11-8-7-9-12-22)26-24(20(3)4)13-10-14-25(26)21(5)6/h7-14,18-21,23H,15-17H2,1-6H3/q+1/t23-/m0/s1. The zero-order valence-corrected chi connectivity index (χ0v) is 18.5. The molecule has 28 heavy (non-hydrogen) atoms. The van der Waals surface area contributed by atoms with Crippen LogP contribution in [0.5, 0.6) is 0 Å². The second-order valence-electron chi connectivity index (χ2n) is 9.30. The van der Waals surface area contributed by atoms with Crippen molar-refractivity contribution in [3.8, 4) is 0 Å². The van der Waals surface area contributed by atoms with Gasteiger partial charge in [0.1, 0.15) is 24.8 Å². The van der Waals surface area contributed by atoms with Gasteiger partial charge in [-0.05, 0) is 29.7 Å². The second kappa shape index (κ2) is 8.94. The van der Waals surface area contributed by atoms with Gasteiger partial charge in [-0.3, -0.25) is 4.58 Å². The normalized spacial score (nSPS) is 17.1. The molecule has 0 radical (unpaired) electrons. The number of para-hydroxylation sites is 1. The van der Waals surface area contributed by atoms with Crippen LogP contribution >= 0.6 is 0 Å². The summed E-state index contributed by atoms with van der Waals surface area (Å²) in [5.74, 6) is 1.74. The highest BCUT2D eigenvalue weighted by Gasteiger charge is 2.35. The molecule has 0 aromatic heterocycles. The zero-order valence-electron chi connectivity index (χ0n) is 18.5. The molecule has 0 fully saturated rings. The molecular weight excluding hydrogens is 340 g/mol. The van der Waals surface area contributed by atoms with E-state index in [2.05, 4.69) is 106 Å². The fourth-order valence-corrected chi connectivity index (χ4v) is 4.36. The first-order valence-electron chi connectivity index (χ1n) is 10.9. The lowest BCUT2D eigenvalue weighted by molar-refractivity contribution is -0.569. The molecular formula is C26H37N2+. The molecule has 1 atom stereocenters. The van der Waals surface area contributed by atoms with Crippen LogP contribution in [0.4, 0.5) is 5.69 Å². The summed E-state index contributed by atoms with van der Waals surface area (Å²) in [6.45, 7) is 16.0. The summed E-state index contributed by atoms with van der Waals surface area (Å²) in [6, 6.07) is 18.3. The Morgan fingerprint density at radius 2 is 1.46 bits per heavy atom. The number of hydrogen-bond acceptors (Lipinski definition) is 1. The van der Waals surface area contributed by atoms with E-state index in [0.717, 1.165) is 13.1 Å². The summed E-state index contributed by atoms with van der Waals surface area (Å²) < 4.78 is 2.57. The average molecular weight is 378 g/mol. The fraction of sp³-hybridized carbons (Fsp3) is 0.500. The Hall–Kier alpha value is -2.09. The molecule has 150 valence electrons. The first kappa shape index (κ1) is 20.6. The maximum absolute atomic E-state index is 2.57. The maximum atomic E-state index is 2.57. The van der Waals surface area contributed by atoms with Gasteiger partial charge in [-0.15, -0.1) is 0 Å². The molecule has 3 rings (SSSR count). The van der Waals surface area contributed by atoms with Crippen molar-refractivity contribution in [3.63, 3.8) is 0 Å². The topological polar surface area (TPSA) is 6.25 Å². The van der Waals surface area contributed by atoms with Gasteiger partial charge >= 0.3 is 0 Å². The first-order chi connectivity index (χ1) is 13.4. The maximum Gasteiger partial charge on any atom is 0.240 e. The molecule has 0 saturated carbocycles. The van der Waals surface area contributed by atoms with Crippen molar-refractivity contribution in [1.82, 2.24) is 0 Å². The molecule has 0 spiro atoms. The third kappa shape index (κ3) is 4.66. The highest BCUT2D eigenvalue weighted by atomic mass is 15.3. The predicted octanol–water partition coefficient (Wildman–Crippen LogP) is 6.41. The summed E-state index contributed by atoms with van der Waals surface area (Å²) in [4.78, 5) is 2.54. The van der Waals surface area contributed by atoms with Crippen molar-refractivity contribution >= 4 is 12.0 Å². The molecule has 0 N–H and O–H groups in total. The third-order valence-electron chi connectivity index (χ3n) is 5.75. The molecule has 1 aliphatic rings.